The Morgan fingerprint density at radius 3 is 2.70 bits per heavy atom. The largest absolute Gasteiger partial charge is 0.395 e. The minimum Gasteiger partial charge on any atom is -0.395 e. The molecule has 1 fully saturated rings. The fourth-order valence-electron chi connectivity index (χ4n) is 2.86. The highest BCUT2D eigenvalue weighted by molar-refractivity contribution is 5.76. The molecule has 20 heavy (non-hydrogen) atoms. The first-order valence-electron chi connectivity index (χ1n) is 8.02. The van der Waals surface area contributed by atoms with E-state index < -0.39 is 0 Å². The van der Waals surface area contributed by atoms with Gasteiger partial charge in [0.25, 0.3) is 0 Å². The van der Waals surface area contributed by atoms with Gasteiger partial charge in [-0.25, -0.2) is 0 Å². The zero-order chi connectivity index (χ0) is 14.8. The maximum atomic E-state index is 12.3. The number of carbonyl (C=O) groups excluding carboxylic acids is 1. The second kappa shape index (κ2) is 10.1. The first kappa shape index (κ1) is 17.4. The molecule has 0 aromatic rings. The number of hydrogen-bond acceptors (Lipinski definition) is 4. The van der Waals surface area contributed by atoms with E-state index in [9.17, 15) is 4.79 Å². The predicted molar refractivity (Wildman–Crippen MR) is 81.4 cm³/mol. The highest BCUT2D eigenvalue weighted by atomic mass is 16.3. The molecule has 1 aliphatic rings. The summed E-state index contributed by atoms with van der Waals surface area (Å²) in [5.41, 5.74) is 5.60. The first-order chi connectivity index (χ1) is 9.71. The summed E-state index contributed by atoms with van der Waals surface area (Å²) < 4.78 is 0. The number of rotatable bonds is 8. The minimum absolute atomic E-state index is 0.200. The Kier molecular flexibility index (Phi) is 8.82. The van der Waals surface area contributed by atoms with E-state index in [1.807, 2.05) is 4.90 Å². The van der Waals surface area contributed by atoms with Crippen molar-refractivity contribution in [3.63, 3.8) is 0 Å². The van der Waals surface area contributed by atoms with Gasteiger partial charge in [0.2, 0.25) is 5.91 Å². The van der Waals surface area contributed by atoms with Crippen LogP contribution < -0.4 is 5.73 Å². The van der Waals surface area contributed by atoms with Crippen molar-refractivity contribution < 1.29 is 9.90 Å². The molecule has 1 unspecified atom stereocenters. The van der Waals surface area contributed by atoms with Gasteiger partial charge in [-0.3, -0.25) is 9.69 Å². The minimum atomic E-state index is 0.200. The molecule has 1 rings (SSSR count). The van der Waals surface area contributed by atoms with Crippen molar-refractivity contribution in [2.24, 2.45) is 11.7 Å². The molecule has 5 heteroatoms. The van der Waals surface area contributed by atoms with Gasteiger partial charge in [0, 0.05) is 32.6 Å². The zero-order valence-electron chi connectivity index (χ0n) is 12.9. The quantitative estimate of drug-likeness (QED) is 0.688. The molecule has 0 spiro atoms. The predicted octanol–water partition coefficient (Wildman–Crippen LogP) is 0.668. The Morgan fingerprint density at radius 2 is 2.05 bits per heavy atom. The Hall–Kier alpha value is -0.650. The normalized spacial score (nSPS) is 18.9. The third-order valence-electron chi connectivity index (χ3n) is 4.28. The van der Waals surface area contributed by atoms with E-state index >= 15 is 0 Å². The Bertz CT molecular complexity index is 274. The van der Waals surface area contributed by atoms with E-state index in [0.717, 1.165) is 58.4 Å². The van der Waals surface area contributed by atoms with E-state index in [1.54, 1.807) is 0 Å². The fourth-order valence-corrected chi connectivity index (χ4v) is 2.86. The van der Waals surface area contributed by atoms with Crippen LogP contribution in [-0.4, -0.2) is 66.7 Å². The van der Waals surface area contributed by atoms with Crippen molar-refractivity contribution in [1.82, 2.24) is 9.80 Å². The van der Waals surface area contributed by atoms with Gasteiger partial charge in [-0.2, -0.15) is 0 Å². The van der Waals surface area contributed by atoms with Gasteiger partial charge in [0.05, 0.1) is 6.61 Å². The van der Waals surface area contributed by atoms with Gasteiger partial charge in [-0.05, 0) is 38.3 Å². The van der Waals surface area contributed by atoms with E-state index in [4.69, 9.17) is 10.8 Å². The van der Waals surface area contributed by atoms with E-state index in [1.165, 1.54) is 0 Å². The summed E-state index contributed by atoms with van der Waals surface area (Å²) in [4.78, 5) is 16.5. The first-order valence-corrected chi connectivity index (χ1v) is 8.02. The molecule has 0 bridgehead atoms. The van der Waals surface area contributed by atoms with Crippen LogP contribution in [0.25, 0.3) is 0 Å². The fraction of sp³-hybridized carbons (Fsp3) is 0.933. The molecule has 118 valence electrons. The molecule has 1 amide bonds. The summed E-state index contributed by atoms with van der Waals surface area (Å²) in [6.45, 7) is 7.32. The van der Waals surface area contributed by atoms with Crippen LogP contribution in [0.4, 0.5) is 0 Å². The van der Waals surface area contributed by atoms with Crippen LogP contribution in [0.15, 0.2) is 0 Å². The van der Waals surface area contributed by atoms with Crippen molar-refractivity contribution in [3.8, 4) is 0 Å². The van der Waals surface area contributed by atoms with Crippen molar-refractivity contribution in [2.75, 3.05) is 45.9 Å². The molecule has 0 aromatic heterocycles. The van der Waals surface area contributed by atoms with E-state index in [0.29, 0.717) is 18.9 Å². The summed E-state index contributed by atoms with van der Waals surface area (Å²) in [6.07, 6.45) is 4.75. The van der Waals surface area contributed by atoms with E-state index in [-0.39, 0.29) is 12.5 Å². The van der Waals surface area contributed by atoms with Crippen LogP contribution in [0.5, 0.6) is 0 Å². The number of nitrogens with two attached hydrogens (primary N) is 1. The van der Waals surface area contributed by atoms with E-state index in [2.05, 4.69) is 11.8 Å². The number of β-amino-alcohol motifs (C(OH)–C–C–N with tert-alkyl or cyclic N) is 1. The van der Waals surface area contributed by atoms with Crippen molar-refractivity contribution in [3.05, 3.63) is 0 Å². The highest BCUT2D eigenvalue weighted by Crippen LogP contribution is 2.16. The second-order valence-electron chi connectivity index (χ2n) is 5.69. The number of nitrogens with zero attached hydrogens (tertiary/aromatic N) is 2. The number of amides is 1. The van der Waals surface area contributed by atoms with Crippen LogP contribution in [-0.2, 0) is 4.79 Å². The summed E-state index contributed by atoms with van der Waals surface area (Å²) >= 11 is 0. The molecule has 1 atom stereocenters. The van der Waals surface area contributed by atoms with Crippen LogP contribution in [0.1, 0.15) is 39.0 Å². The van der Waals surface area contributed by atoms with Gasteiger partial charge < -0.3 is 15.7 Å². The highest BCUT2D eigenvalue weighted by Gasteiger charge is 2.19. The van der Waals surface area contributed by atoms with Crippen molar-refractivity contribution in [1.29, 1.82) is 0 Å². The molecule has 0 aromatic carbocycles. The van der Waals surface area contributed by atoms with Gasteiger partial charge >= 0.3 is 0 Å². The smallest absolute Gasteiger partial charge is 0.222 e. The molecule has 1 aliphatic heterocycles. The SMILES string of the molecule is CCC(CCN)CCC(=O)N1CCCN(CCO)CC1. The van der Waals surface area contributed by atoms with Gasteiger partial charge in [-0.1, -0.05) is 13.3 Å². The lowest BCUT2D eigenvalue weighted by molar-refractivity contribution is -0.131. The molecule has 0 aliphatic carbocycles. The lowest BCUT2D eigenvalue weighted by atomic mass is 9.96. The van der Waals surface area contributed by atoms with Crippen LogP contribution in [0.3, 0.4) is 0 Å². The summed E-state index contributed by atoms with van der Waals surface area (Å²) in [7, 11) is 0. The zero-order valence-corrected chi connectivity index (χ0v) is 12.9. The average molecular weight is 285 g/mol. The number of aliphatic hydroxyl groups is 1. The maximum Gasteiger partial charge on any atom is 0.222 e. The molecule has 0 radical (unpaired) electrons. The molecule has 1 heterocycles. The van der Waals surface area contributed by atoms with Crippen LogP contribution in [0.2, 0.25) is 0 Å². The molecular formula is C15H31N3O2. The lowest BCUT2D eigenvalue weighted by Crippen LogP contribution is -2.36. The Labute approximate surface area is 123 Å². The molecule has 5 nitrogen and oxygen atoms in total. The summed E-state index contributed by atoms with van der Waals surface area (Å²) in [5.74, 6) is 0.869. The summed E-state index contributed by atoms with van der Waals surface area (Å²) in [6, 6.07) is 0. The molecule has 3 N–H and O–H groups in total. The Balaban J connectivity index is 2.32. The monoisotopic (exact) mass is 285 g/mol. The van der Waals surface area contributed by atoms with Gasteiger partial charge in [0.1, 0.15) is 0 Å². The van der Waals surface area contributed by atoms with Crippen molar-refractivity contribution in [2.45, 2.75) is 39.0 Å². The molecular weight excluding hydrogens is 254 g/mol. The lowest BCUT2D eigenvalue weighted by Gasteiger charge is -2.22. The van der Waals surface area contributed by atoms with Gasteiger partial charge in [-0.15, -0.1) is 0 Å². The Morgan fingerprint density at radius 1 is 1.25 bits per heavy atom. The van der Waals surface area contributed by atoms with Crippen LogP contribution in [0, 0.1) is 5.92 Å². The number of aliphatic hydroxyl groups excluding tert-OH is 1. The molecule has 0 saturated carbocycles. The standard InChI is InChI=1S/C15H31N3O2/c1-2-14(6-7-16)4-5-15(20)18-9-3-8-17(10-11-18)12-13-19/h14,19H,2-13,16H2,1H3. The number of carbonyl (C=O) groups is 1. The second-order valence-corrected chi connectivity index (χ2v) is 5.69. The third kappa shape index (κ3) is 6.20. The maximum absolute atomic E-state index is 12.3. The average Bonchev–Trinajstić information content (AvgIpc) is 2.69. The van der Waals surface area contributed by atoms with Crippen LogP contribution >= 0.6 is 0 Å². The topological polar surface area (TPSA) is 69.8 Å². The molecule has 1 saturated heterocycles. The number of hydrogen-bond donors (Lipinski definition) is 2. The van der Waals surface area contributed by atoms with Gasteiger partial charge in [0.15, 0.2) is 0 Å². The third-order valence-corrected chi connectivity index (χ3v) is 4.28. The summed E-state index contributed by atoms with van der Waals surface area (Å²) in [5, 5.41) is 8.98. The van der Waals surface area contributed by atoms with Crippen molar-refractivity contribution >= 4 is 5.91 Å².